The summed E-state index contributed by atoms with van der Waals surface area (Å²) in [7, 11) is 1.88. The third kappa shape index (κ3) is 4.93. The number of hydrogen-bond acceptors (Lipinski definition) is 4. The lowest BCUT2D eigenvalue weighted by Crippen LogP contribution is -2.44. The molecule has 5 nitrogen and oxygen atoms in total. The van der Waals surface area contributed by atoms with E-state index in [-0.39, 0.29) is 18.1 Å². The fourth-order valence-electron chi connectivity index (χ4n) is 2.33. The number of amides is 1. The summed E-state index contributed by atoms with van der Waals surface area (Å²) in [5.41, 5.74) is 7.30. The van der Waals surface area contributed by atoms with Crippen molar-refractivity contribution in [1.29, 1.82) is 0 Å². The van der Waals surface area contributed by atoms with Crippen LogP contribution in [0.25, 0.3) is 0 Å². The van der Waals surface area contributed by atoms with E-state index in [9.17, 15) is 4.79 Å². The molecule has 1 amide bonds. The van der Waals surface area contributed by atoms with Gasteiger partial charge in [-0.2, -0.15) is 0 Å². The molecule has 2 unspecified atom stereocenters. The molecule has 0 aliphatic carbocycles. The molecular weight excluding hydrogens is 356 g/mol. The molecule has 7 heteroatoms. The van der Waals surface area contributed by atoms with Gasteiger partial charge in [-0.25, -0.2) is 10.9 Å². The van der Waals surface area contributed by atoms with Crippen LogP contribution < -0.4 is 21.5 Å². The molecule has 0 aromatic heterocycles. The van der Waals surface area contributed by atoms with Crippen LogP contribution in [0, 0.1) is 0 Å². The van der Waals surface area contributed by atoms with Crippen LogP contribution in [-0.2, 0) is 4.79 Å². The van der Waals surface area contributed by atoms with Gasteiger partial charge in [0.15, 0.2) is 0 Å². The van der Waals surface area contributed by atoms with E-state index in [1.165, 1.54) is 0 Å². The van der Waals surface area contributed by atoms with E-state index in [4.69, 9.17) is 11.6 Å². The summed E-state index contributed by atoms with van der Waals surface area (Å²) in [6.45, 7) is 0.847. The van der Waals surface area contributed by atoms with E-state index in [1.54, 1.807) is 0 Å². The lowest BCUT2D eigenvalue weighted by atomic mass is 10.0. The molecule has 4 N–H and O–H groups in total. The number of halogens is 2. The second-order valence-corrected chi connectivity index (χ2v) is 6.39. The van der Waals surface area contributed by atoms with Gasteiger partial charge < -0.3 is 10.6 Å². The van der Waals surface area contributed by atoms with Gasteiger partial charge in [-0.1, -0.05) is 27.5 Å². The smallest absolute Gasteiger partial charge is 0.221 e. The van der Waals surface area contributed by atoms with Gasteiger partial charge in [0, 0.05) is 22.3 Å². The van der Waals surface area contributed by atoms with Gasteiger partial charge in [0.25, 0.3) is 0 Å². The van der Waals surface area contributed by atoms with Crippen molar-refractivity contribution in [2.75, 3.05) is 13.6 Å². The average Bonchev–Trinajstić information content (AvgIpc) is 2.90. The average molecular weight is 376 g/mol. The fraction of sp³-hybridized carbons (Fsp3) is 0.500. The Morgan fingerprint density at radius 3 is 3.05 bits per heavy atom. The number of hydrazine groups is 1. The Labute approximate surface area is 138 Å². The third-order valence-corrected chi connectivity index (χ3v) is 4.24. The molecule has 1 aromatic carbocycles. The van der Waals surface area contributed by atoms with E-state index < -0.39 is 0 Å². The highest BCUT2D eigenvalue weighted by molar-refractivity contribution is 9.10. The Morgan fingerprint density at radius 2 is 2.29 bits per heavy atom. The zero-order valence-corrected chi connectivity index (χ0v) is 14.2. The highest BCUT2D eigenvalue weighted by Gasteiger charge is 2.27. The zero-order chi connectivity index (χ0) is 15.2. The molecule has 21 heavy (non-hydrogen) atoms. The van der Waals surface area contributed by atoms with Crippen molar-refractivity contribution in [3.8, 4) is 0 Å². The molecule has 0 radical (unpaired) electrons. The van der Waals surface area contributed by atoms with Crippen LogP contribution in [0.2, 0.25) is 5.02 Å². The zero-order valence-electron chi connectivity index (χ0n) is 11.9. The minimum atomic E-state index is -0.0767. The van der Waals surface area contributed by atoms with Crippen molar-refractivity contribution in [3.63, 3.8) is 0 Å². The molecule has 116 valence electrons. The first-order valence-corrected chi connectivity index (χ1v) is 8.17. The van der Waals surface area contributed by atoms with Crippen molar-refractivity contribution in [2.45, 2.75) is 31.5 Å². The lowest BCUT2D eigenvalue weighted by molar-refractivity contribution is -0.122. The summed E-state index contributed by atoms with van der Waals surface area (Å²) in [4.78, 5) is 11.8. The Kier molecular flexibility index (Phi) is 6.44. The minimum absolute atomic E-state index is 0.0607. The van der Waals surface area contributed by atoms with E-state index in [0.717, 1.165) is 34.4 Å². The number of carbonyl (C=O) groups excluding carboxylic acids is 1. The number of benzene rings is 1. The van der Waals surface area contributed by atoms with Crippen molar-refractivity contribution in [3.05, 3.63) is 33.3 Å². The van der Waals surface area contributed by atoms with Gasteiger partial charge in [-0.05, 0) is 43.8 Å². The standard InChI is InChI=1S/C14H20BrClN4O/c1-17-6-2-3-14(21)18-13-8-12(19-20-13)10-7-9(15)4-5-11(10)16/h4-5,7,12-13,17,19-20H,2-3,6,8H2,1H3,(H,18,21). The van der Waals surface area contributed by atoms with Gasteiger partial charge in [0.05, 0.1) is 12.2 Å². The van der Waals surface area contributed by atoms with Crippen molar-refractivity contribution >= 4 is 33.4 Å². The quantitative estimate of drug-likeness (QED) is 0.575. The maximum atomic E-state index is 11.8. The van der Waals surface area contributed by atoms with Crippen LogP contribution >= 0.6 is 27.5 Å². The van der Waals surface area contributed by atoms with Gasteiger partial charge in [0.1, 0.15) is 0 Å². The normalized spacial score (nSPS) is 21.5. The van der Waals surface area contributed by atoms with Crippen LogP contribution in [0.15, 0.2) is 22.7 Å². The van der Waals surface area contributed by atoms with E-state index in [1.807, 2.05) is 25.2 Å². The summed E-state index contributed by atoms with van der Waals surface area (Å²) < 4.78 is 0.989. The van der Waals surface area contributed by atoms with Crippen molar-refractivity contribution < 1.29 is 4.79 Å². The largest absolute Gasteiger partial charge is 0.339 e. The van der Waals surface area contributed by atoms with Crippen LogP contribution in [0.1, 0.15) is 30.9 Å². The fourth-order valence-corrected chi connectivity index (χ4v) is 2.96. The molecule has 2 atom stereocenters. The maximum Gasteiger partial charge on any atom is 0.221 e. The van der Waals surface area contributed by atoms with Crippen LogP contribution in [0.3, 0.4) is 0 Å². The molecule has 1 fully saturated rings. The molecule has 0 saturated carbocycles. The van der Waals surface area contributed by atoms with Crippen LogP contribution in [0.4, 0.5) is 0 Å². The molecule has 1 aliphatic rings. The Bertz CT molecular complexity index is 500. The Balaban J connectivity index is 1.86. The summed E-state index contributed by atoms with van der Waals surface area (Å²) >= 11 is 9.68. The maximum absolute atomic E-state index is 11.8. The SMILES string of the molecule is CNCCCC(=O)NC1CC(c2cc(Br)ccc2Cl)NN1. The molecule has 2 rings (SSSR count). The minimum Gasteiger partial charge on any atom is -0.339 e. The number of nitrogens with one attached hydrogen (secondary N) is 4. The van der Waals surface area contributed by atoms with Crippen LogP contribution in [0.5, 0.6) is 0 Å². The second kappa shape index (κ2) is 8.10. The first-order chi connectivity index (χ1) is 10.1. The Hall–Kier alpha value is -0.660. The van der Waals surface area contributed by atoms with E-state index in [0.29, 0.717) is 6.42 Å². The molecule has 1 aromatic rings. The molecule has 1 aliphatic heterocycles. The summed E-state index contributed by atoms with van der Waals surface area (Å²) in [5.74, 6) is 0.0607. The summed E-state index contributed by atoms with van der Waals surface area (Å²) in [6.07, 6.45) is 2.05. The van der Waals surface area contributed by atoms with E-state index in [2.05, 4.69) is 37.4 Å². The monoisotopic (exact) mass is 374 g/mol. The predicted octanol–water partition coefficient (Wildman–Crippen LogP) is 2.08. The molecular formula is C14H20BrClN4O. The van der Waals surface area contributed by atoms with Gasteiger partial charge in [-0.3, -0.25) is 4.79 Å². The van der Waals surface area contributed by atoms with Gasteiger partial charge >= 0.3 is 0 Å². The number of carbonyl (C=O) groups is 1. The first kappa shape index (κ1) is 16.7. The first-order valence-electron chi connectivity index (χ1n) is 7.00. The predicted molar refractivity (Wildman–Crippen MR) is 87.9 cm³/mol. The van der Waals surface area contributed by atoms with E-state index >= 15 is 0 Å². The lowest BCUT2D eigenvalue weighted by Gasteiger charge is -2.13. The highest BCUT2D eigenvalue weighted by Crippen LogP contribution is 2.30. The van der Waals surface area contributed by atoms with Crippen molar-refractivity contribution in [1.82, 2.24) is 21.5 Å². The van der Waals surface area contributed by atoms with Crippen molar-refractivity contribution in [2.24, 2.45) is 0 Å². The summed E-state index contributed by atoms with van der Waals surface area (Å²) in [6, 6.07) is 5.86. The number of hydrogen-bond donors (Lipinski definition) is 4. The topological polar surface area (TPSA) is 65.2 Å². The van der Waals surface area contributed by atoms with Gasteiger partial charge in [-0.15, -0.1) is 0 Å². The van der Waals surface area contributed by atoms with Crippen LogP contribution in [-0.4, -0.2) is 25.7 Å². The summed E-state index contributed by atoms with van der Waals surface area (Å²) in [5, 5.41) is 6.73. The molecule has 1 saturated heterocycles. The second-order valence-electron chi connectivity index (χ2n) is 5.07. The third-order valence-electron chi connectivity index (χ3n) is 3.40. The highest BCUT2D eigenvalue weighted by atomic mass is 79.9. The molecule has 0 bridgehead atoms. The van der Waals surface area contributed by atoms with Gasteiger partial charge in [0.2, 0.25) is 5.91 Å². The molecule has 1 heterocycles. The molecule has 0 spiro atoms. The Morgan fingerprint density at radius 1 is 1.48 bits per heavy atom. The number of rotatable bonds is 6.